The van der Waals surface area contributed by atoms with E-state index in [1.54, 1.807) is 0 Å². The van der Waals surface area contributed by atoms with Crippen LogP contribution in [0.3, 0.4) is 0 Å². The lowest BCUT2D eigenvalue weighted by Gasteiger charge is -2.01. The molecule has 2 rings (SSSR count). The molecular weight excluding hydrogens is 168 g/mol. The Labute approximate surface area is 76.6 Å². The van der Waals surface area contributed by atoms with Crippen molar-refractivity contribution in [3.63, 3.8) is 0 Å². The van der Waals surface area contributed by atoms with Crippen LogP contribution < -0.4 is 5.76 Å². The largest absolute Gasteiger partial charge is 0.437 e. The minimum absolute atomic E-state index is 0.0410. The molecule has 0 unspecified atom stereocenters. The van der Waals surface area contributed by atoms with Crippen molar-refractivity contribution in [1.29, 1.82) is 0 Å². The molecule has 13 heavy (non-hydrogen) atoms. The van der Waals surface area contributed by atoms with Crippen molar-refractivity contribution in [3.05, 3.63) is 16.4 Å². The van der Waals surface area contributed by atoms with Crippen LogP contribution in [0.2, 0.25) is 0 Å². The molecule has 1 fully saturated rings. The van der Waals surface area contributed by atoms with Gasteiger partial charge in [-0.05, 0) is 26.7 Å². The molecule has 1 aliphatic carbocycles. The topological polar surface area (TPSA) is 48.0 Å². The van der Waals surface area contributed by atoms with Crippen LogP contribution >= 0.6 is 0 Å². The van der Waals surface area contributed by atoms with Gasteiger partial charge in [0.1, 0.15) is 0 Å². The molecule has 1 aliphatic rings. The van der Waals surface area contributed by atoms with Gasteiger partial charge in [-0.25, -0.2) is 4.79 Å². The van der Waals surface area contributed by atoms with E-state index in [-0.39, 0.29) is 17.2 Å². The van der Waals surface area contributed by atoms with Crippen molar-refractivity contribution in [2.24, 2.45) is 0 Å². The highest BCUT2D eigenvalue weighted by molar-refractivity contribution is 5.11. The molecule has 0 atom stereocenters. The molecule has 0 aromatic carbocycles. The van der Waals surface area contributed by atoms with Crippen LogP contribution in [0.5, 0.6) is 0 Å². The minimum atomic E-state index is -0.335. The van der Waals surface area contributed by atoms with Gasteiger partial charge in [-0.15, -0.1) is 5.10 Å². The monoisotopic (exact) mass is 182 g/mol. The fraction of sp³-hybridized carbons (Fsp3) is 0.778. The summed E-state index contributed by atoms with van der Waals surface area (Å²) in [5.41, 5.74) is 0.0410. The predicted octanol–water partition coefficient (Wildman–Crippen LogP) is 1.47. The summed E-state index contributed by atoms with van der Waals surface area (Å²) >= 11 is 0. The van der Waals surface area contributed by atoms with E-state index in [0.717, 1.165) is 12.8 Å². The van der Waals surface area contributed by atoms with Crippen LogP contribution in [0, 0.1) is 0 Å². The molecule has 0 spiro atoms. The highest BCUT2D eigenvalue weighted by atomic mass is 16.4. The average Bonchev–Trinajstić information content (AvgIpc) is 2.63. The number of nitrogens with zero attached hydrogens (tertiary/aromatic N) is 2. The van der Waals surface area contributed by atoms with Gasteiger partial charge < -0.3 is 4.42 Å². The first kappa shape index (κ1) is 8.53. The summed E-state index contributed by atoms with van der Waals surface area (Å²) in [6.07, 6.45) is 2.15. The summed E-state index contributed by atoms with van der Waals surface area (Å²) < 4.78 is 6.50. The molecule has 4 nitrogen and oxygen atoms in total. The van der Waals surface area contributed by atoms with Crippen molar-refractivity contribution in [2.75, 3.05) is 0 Å². The normalized spacial score (nSPS) is 19.4. The molecule has 0 saturated heterocycles. The summed E-state index contributed by atoms with van der Waals surface area (Å²) in [6.45, 7) is 5.91. The Hall–Kier alpha value is -1.06. The van der Waals surface area contributed by atoms with Crippen LogP contribution in [0.15, 0.2) is 9.21 Å². The third-order valence-corrected chi connectivity index (χ3v) is 2.58. The van der Waals surface area contributed by atoms with Gasteiger partial charge in [0, 0.05) is 5.41 Å². The highest BCUT2D eigenvalue weighted by Crippen LogP contribution is 2.46. The van der Waals surface area contributed by atoms with Crippen molar-refractivity contribution >= 4 is 0 Å². The van der Waals surface area contributed by atoms with Crippen molar-refractivity contribution in [1.82, 2.24) is 9.78 Å². The molecule has 0 amide bonds. The Kier molecular flexibility index (Phi) is 1.62. The number of aromatic nitrogens is 2. The molecule has 0 bridgehead atoms. The second-order valence-electron chi connectivity index (χ2n) is 4.27. The third-order valence-electron chi connectivity index (χ3n) is 2.58. The third kappa shape index (κ3) is 1.30. The first-order valence-corrected chi connectivity index (χ1v) is 4.63. The Morgan fingerprint density at radius 3 is 2.54 bits per heavy atom. The zero-order valence-electron chi connectivity index (χ0n) is 8.20. The molecule has 1 heterocycles. The molecular formula is C9H14N2O2. The Morgan fingerprint density at radius 2 is 2.15 bits per heavy atom. The fourth-order valence-electron chi connectivity index (χ4n) is 1.26. The maximum Gasteiger partial charge on any atom is 0.437 e. The molecule has 1 aromatic heterocycles. The van der Waals surface area contributed by atoms with E-state index < -0.39 is 0 Å². The fourth-order valence-corrected chi connectivity index (χ4v) is 1.26. The second kappa shape index (κ2) is 2.47. The number of hydrogen-bond acceptors (Lipinski definition) is 3. The second-order valence-corrected chi connectivity index (χ2v) is 4.27. The molecule has 4 heteroatoms. The molecule has 1 saturated carbocycles. The van der Waals surface area contributed by atoms with Crippen LogP contribution in [0.1, 0.15) is 45.5 Å². The lowest BCUT2D eigenvalue weighted by atomic mass is 10.1. The standard InChI is InChI=1S/C9H14N2O2/c1-6(2)11-8(12)13-7(10-11)9(3)4-5-9/h6H,4-5H2,1-3H3. The Bertz CT molecular complexity index is 371. The molecule has 0 aliphatic heterocycles. The van der Waals surface area contributed by atoms with Crippen molar-refractivity contribution in [3.8, 4) is 0 Å². The van der Waals surface area contributed by atoms with E-state index in [1.807, 2.05) is 13.8 Å². The van der Waals surface area contributed by atoms with Gasteiger partial charge in [0.15, 0.2) is 0 Å². The maximum absolute atomic E-state index is 11.3. The predicted molar refractivity (Wildman–Crippen MR) is 47.7 cm³/mol. The van der Waals surface area contributed by atoms with E-state index in [2.05, 4.69) is 12.0 Å². The van der Waals surface area contributed by atoms with E-state index >= 15 is 0 Å². The Morgan fingerprint density at radius 1 is 1.54 bits per heavy atom. The van der Waals surface area contributed by atoms with Gasteiger partial charge in [0.25, 0.3) is 0 Å². The lowest BCUT2D eigenvalue weighted by Crippen LogP contribution is -2.17. The molecule has 72 valence electrons. The smallest absolute Gasteiger partial charge is 0.392 e. The molecule has 0 N–H and O–H groups in total. The van der Waals surface area contributed by atoms with Crippen molar-refractivity contribution in [2.45, 2.75) is 45.1 Å². The van der Waals surface area contributed by atoms with Gasteiger partial charge in [-0.3, -0.25) is 0 Å². The zero-order chi connectivity index (χ0) is 9.64. The van der Waals surface area contributed by atoms with E-state index in [1.165, 1.54) is 4.68 Å². The summed E-state index contributed by atoms with van der Waals surface area (Å²) in [5.74, 6) is 0.268. The molecule has 1 aromatic rings. The first-order chi connectivity index (χ1) is 6.03. The number of rotatable bonds is 2. The lowest BCUT2D eigenvalue weighted by molar-refractivity contribution is 0.410. The van der Waals surface area contributed by atoms with Gasteiger partial charge in [-0.1, -0.05) is 6.92 Å². The quantitative estimate of drug-likeness (QED) is 0.695. The SMILES string of the molecule is CC(C)n1nc(C2(C)CC2)oc1=O. The van der Waals surface area contributed by atoms with Crippen molar-refractivity contribution < 1.29 is 4.42 Å². The summed E-state index contributed by atoms with van der Waals surface area (Å²) in [4.78, 5) is 11.3. The van der Waals surface area contributed by atoms with Gasteiger partial charge >= 0.3 is 5.76 Å². The zero-order valence-corrected chi connectivity index (χ0v) is 8.20. The Balaban J connectivity index is 2.41. The van der Waals surface area contributed by atoms with E-state index in [0.29, 0.717) is 5.89 Å². The number of hydrogen-bond donors (Lipinski definition) is 0. The summed E-state index contributed by atoms with van der Waals surface area (Å²) in [5, 5.41) is 4.18. The van der Waals surface area contributed by atoms with Gasteiger partial charge in [0.05, 0.1) is 6.04 Å². The maximum atomic E-state index is 11.3. The highest BCUT2D eigenvalue weighted by Gasteiger charge is 2.44. The minimum Gasteiger partial charge on any atom is -0.392 e. The summed E-state index contributed by atoms with van der Waals surface area (Å²) in [7, 11) is 0. The average molecular weight is 182 g/mol. The first-order valence-electron chi connectivity index (χ1n) is 4.63. The van der Waals surface area contributed by atoms with Crippen LogP contribution in [-0.4, -0.2) is 9.78 Å². The van der Waals surface area contributed by atoms with E-state index in [9.17, 15) is 4.79 Å². The van der Waals surface area contributed by atoms with Crippen LogP contribution in [0.25, 0.3) is 0 Å². The summed E-state index contributed by atoms with van der Waals surface area (Å²) in [6, 6.07) is 0.0762. The molecule has 0 radical (unpaired) electrons. The van der Waals surface area contributed by atoms with E-state index in [4.69, 9.17) is 4.42 Å². The van der Waals surface area contributed by atoms with Gasteiger partial charge in [0.2, 0.25) is 5.89 Å². The van der Waals surface area contributed by atoms with Crippen LogP contribution in [0.4, 0.5) is 0 Å². The van der Waals surface area contributed by atoms with Crippen LogP contribution in [-0.2, 0) is 5.41 Å². The van der Waals surface area contributed by atoms with Gasteiger partial charge in [-0.2, -0.15) is 4.68 Å².